The molecule has 1 N–H and O–H groups in total. The van der Waals surface area contributed by atoms with E-state index < -0.39 is 11.9 Å². The van der Waals surface area contributed by atoms with Gasteiger partial charge in [-0.2, -0.15) is 0 Å². The lowest BCUT2D eigenvalue weighted by Gasteiger charge is -2.08. The first-order chi connectivity index (χ1) is 8.99. The minimum Gasteiger partial charge on any atom is -0.481 e. The van der Waals surface area contributed by atoms with Crippen molar-refractivity contribution in [2.45, 2.75) is 26.7 Å². The van der Waals surface area contributed by atoms with Crippen molar-refractivity contribution in [1.29, 1.82) is 0 Å². The van der Waals surface area contributed by atoms with Crippen molar-refractivity contribution >= 4 is 17.7 Å². The minimum atomic E-state index is -1.02. The highest BCUT2D eigenvalue weighted by molar-refractivity contribution is 6.01. The van der Waals surface area contributed by atoms with Gasteiger partial charge < -0.3 is 9.84 Å². The number of carbonyl (C=O) groups is 3. The molecule has 1 aromatic carbocycles. The van der Waals surface area contributed by atoms with Crippen LogP contribution in [0.1, 0.15) is 46.5 Å². The number of Topliss-reactive ketones (excluding diaryl/α,β-unsaturated/α-hetero) is 1. The Labute approximate surface area is 111 Å². The first kappa shape index (κ1) is 14.9. The van der Waals surface area contributed by atoms with E-state index in [9.17, 15) is 14.4 Å². The van der Waals surface area contributed by atoms with Crippen LogP contribution >= 0.6 is 0 Å². The van der Waals surface area contributed by atoms with Crippen LogP contribution in [0.4, 0.5) is 0 Å². The molecular formula is C14H16O5. The molecule has 0 spiro atoms. The van der Waals surface area contributed by atoms with E-state index in [0.717, 1.165) is 0 Å². The summed E-state index contributed by atoms with van der Waals surface area (Å²) in [5.41, 5.74) is 0.940. The highest BCUT2D eigenvalue weighted by atomic mass is 16.5. The summed E-state index contributed by atoms with van der Waals surface area (Å²) < 4.78 is 4.85. The summed E-state index contributed by atoms with van der Waals surface area (Å²) in [4.78, 5) is 34.1. The van der Waals surface area contributed by atoms with Gasteiger partial charge in [-0.15, -0.1) is 0 Å². The second-order valence-corrected chi connectivity index (χ2v) is 3.94. The molecule has 0 saturated carbocycles. The van der Waals surface area contributed by atoms with Crippen LogP contribution in [0.3, 0.4) is 0 Å². The number of aliphatic carboxylic acids is 1. The number of carbonyl (C=O) groups excluding carboxylic acids is 2. The zero-order valence-electron chi connectivity index (χ0n) is 10.9. The second kappa shape index (κ2) is 6.68. The molecule has 0 radical (unpaired) electrons. The molecule has 0 atom stereocenters. The first-order valence-corrected chi connectivity index (χ1v) is 6.04. The standard InChI is InChI=1S/C14H16O5/c1-3-12(15)11-7-10(14(18)19-4-2)6-5-9(11)8-13(16)17/h5-7H,3-4,8H2,1-2H3,(H,16,17). The van der Waals surface area contributed by atoms with E-state index in [1.807, 2.05) is 0 Å². The number of benzene rings is 1. The fourth-order valence-corrected chi connectivity index (χ4v) is 1.68. The number of hydrogen-bond donors (Lipinski definition) is 1. The maximum absolute atomic E-state index is 11.8. The zero-order valence-corrected chi connectivity index (χ0v) is 10.9. The first-order valence-electron chi connectivity index (χ1n) is 6.04. The van der Waals surface area contributed by atoms with Crippen LogP contribution in [0, 0.1) is 0 Å². The van der Waals surface area contributed by atoms with Gasteiger partial charge in [0.1, 0.15) is 0 Å². The molecule has 0 aromatic heterocycles. The Morgan fingerprint density at radius 2 is 1.89 bits per heavy atom. The topological polar surface area (TPSA) is 80.7 Å². The SMILES string of the molecule is CCOC(=O)c1ccc(CC(=O)O)c(C(=O)CC)c1. The third-order valence-electron chi connectivity index (χ3n) is 2.58. The van der Waals surface area contributed by atoms with Crippen LogP contribution < -0.4 is 0 Å². The van der Waals surface area contributed by atoms with Gasteiger partial charge in [-0.25, -0.2) is 4.79 Å². The molecule has 1 aromatic rings. The maximum Gasteiger partial charge on any atom is 0.338 e. The zero-order chi connectivity index (χ0) is 14.4. The molecule has 19 heavy (non-hydrogen) atoms. The predicted octanol–water partition coefficient (Wildman–Crippen LogP) is 2.08. The largest absolute Gasteiger partial charge is 0.481 e. The van der Waals surface area contributed by atoms with Crippen LogP contribution in [0.5, 0.6) is 0 Å². The third-order valence-corrected chi connectivity index (χ3v) is 2.58. The van der Waals surface area contributed by atoms with Crippen molar-refractivity contribution in [3.8, 4) is 0 Å². The number of esters is 1. The smallest absolute Gasteiger partial charge is 0.338 e. The van der Waals surface area contributed by atoms with Gasteiger partial charge in [0, 0.05) is 12.0 Å². The monoisotopic (exact) mass is 264 g/mol. The average molecular weight is 264 g/mol. The van der Waals surface area contributed by atoms with Crippen molar-refractivity contribution in [2.75, 3.05) is 6.61 Å². The molecule has 102 valence electrons. The van der Waals surface area contributed by atoms with Crippen LogP contribution in [0.15, 0.2) is 18.2 Å². The molecule has 0 aliphatic carbocycles. The van der Waals surface area contributed by atoms with Crippen LogP contribution in [0.25, 0.3) is 0 Å². The molecule has 0 bridgehead atoms. The van der Waals surface area contributed by atoms with Gasteiger partial charge in [0.25, 0.3) is 0 Å². The summed E-state index contributed by atoms with van der Waals surface area (Å²) >= 11 is 0. The van der Waals surface area contributed by atoms with Crippen LogP contribution in [-0.2, 0) is 16.0 Å². The lowest BCUT2D eigenvalue weighted by Crippen LogP contribution is -2.11. The highest BCUT2D eigenvalue weighted by Gasteiger charge is 2.16. The van der Waals surface area contributed by atoms with Crippen LogP contribution in [-0.4, -0.2) is 29.4 Å². The minimum absolute atomic E-state index is 0.192. The lowest BCUT2D eigenvalue weighted by atomic mass is 9.97. The molecule has 5 nitrogen and oxygen atoms in total. The van der Waals surface area contributed by atoms with Crippen molar-refractivity contribution in [2.24, 2.45) is 0 Å². The molecule has 0 heterocycles. The molecule has 0 aliphatic heterocycles. The third kappa shape index (κ3) is 3.91. The number of rotatable bonds is 6. The molecule has 5 heteroatoms. The number of carboxylic acid groups (broad SMARTS) is 1. The van der Waals surface area contributed by atoms with Gasteiger partial charge >= 0.3 is 11.9 Å². The summed E-state index contributed by atoms with van der Waals surface area (Å²) in [6, 6.07) is 4.37. The summed E-state index contributed by atoms with van der Waals surface area (Å²) in [6.07, 6.45) is 0.00305. The Hall–Kier alpha value is -2.17. The molecule has 0 aliphatic rings. The lowest BCUT2D eigenvalue weighted by molar-refractivity contribution is -0.136. The van der Waals surface area contributed by atoms with E-state index in [2.05, 4.69) is 0 Å². The van der Waals surface area contributed by atoms with E-state index in [0.29, 0.717) is 5.56 Å². The molecule has 0 unspecified atom stereocenters. The van der Waals surface area contributed by atoms with Crippen molar-refractivity contribution < 1.29 is 24.2 Å². The van der Waals surface area contributed by atoms with E-state index in [1.54, 1.807) is 13.8 Å². The molecular weight excluding hydrogens is 248 g/mol. The number of ether oxygens (including phenoxy) is 1. The van der Waals surface area contributed by atoms with E-state index >= 15 is 0 Å². The maximum atomic E-state index is 11.8. The average Bonchev–Trinajstić information content (AvgIpc) is 2.37. The van der Waals surface area contributed by atoms with E-state index in [1.165, 1.54) is 18.2 Å². The summed E-state index contributed by atoms with van der Waals surface area (Å²) in [6.45, 7) is 3.62. The number of hydrogen-bond acceptors (Lipinski definition) is 4. The van der Waals surface area contributed by atoms with Gasteiger partial charge in [-0.3, -0.25) is 9.59 Å². The summed E-state index contributed by atoms with van der Waals surface area (Å²) in [5.74, 6) is -1.73. The fraction of sp³-hybridized carbons (Fsp3) is 0.357. The molecule has 0 saturated heterocycles. The van der Waals surface area contributed by atoms with Gasteiger partial charge in [-0.05, 0) is 24.6 Å². The Morgan fingerprint density at radius 1 is 1.21 bits per heavy atom. The van der Waals surface area contributed by atoms with Gasteiger partial charge in [0.2, 0.25) is 0 Å². The highest BCUT2D eigenvalue weighted by Crippen LogP contribution is 2.16. The van der Waals surface area contributed by atoms with E-state index in [4.69, 9.17) is 9.84 Å². The van der Waals surface area contributed by atoms with E-state index in [-0.39, 0.29) is 36.4 Å². The van der Waals surface area contributed by atoms with Gasteiger partial charge in [0.15, 0.2) is 5.78 Å². The Balaban J connectivity index is 3.18. The number of ketones is 1. The van der Waals surface area contributed by atoms with Crippen molar-refractivity contribution in [3.63, 3.8) is 0 Å². The molecule has 0 fully saturated rings. The van der Waals surface area contributed by atoms with Crippen molar-refractivity contribution in [1.82, 2.24) is 0 Å². The fourth-order valence-electron chi connectivity index (χ4n) is 1.68. The molecule has 0 amide bonds. The molecule has 1 rings (SSSR count). The summed E-state index contributed by atoms with van der Waals surface area (Å²) in [5, 5.41) is 8.81. The summed E-state index contributed by atoms with van der Waals surface area (Å²) in [7, 11) is 0. The van der Waals surface area contributed by atoms with Crippen LogP contribution in [0.2, 0.25) is 0 Å². The predicted molar refractivity (Wildman–Crippen MR) is 68.4 cm³/mol. The Kier molecular flexibility index (Phi) is 5.23. The Morgan fingerprint density at radius 3 is 2.42 bits per heavy atom. The van der Waals surface area contributed by atoms with Gasteiger partial charge in [0.05, 0.1) is 18.6 Å². The normalized spacial score (nSPS) is 10.0. The van der Waals surface area contributed by atoms with Crippen molar-refractivity contribution in [3.05, 3.63) is 34.9 Å². The second-order valence-electron chi connectivity index (χ2n) is 3.94. The number of carboxylic acids is 1. The Bertz CT molecular complexity index is 505. The quantitative estimate of drug-likeness (QED) is 0.628. The van der Waals surface area contributed by atoms with Gasteiger partial charge in [-0.1, -0.05) is 13.0 Å².